The molecule has 2 atom stereocenters. The van der Waals surface area contributed by atoms with Crippen molar-refractivity contribution < 1.29 is 32.1 Å². The Morgan fingerprint density at radius 1 is 1.15 bits per heavy atom. The van der Waals surface area contributed by atoms with Crippen molar-refractivity contribution in [2.75, 3.05) is 18.8 Å². The molecule has 3 heterocycles. The first-order valence-corrected chi connectivity index (χ1v) is 16.2. The van der Waals surface area contributed by atoms with Gasteiger partial charge in [-0.3, -0.25) is 4.79 Å². The highest BCUT2D eigenvalue weighted by atomic mass is 32.2. The number of alkyl carbamates (subject to hydrolysis) is 1. The first-order chi connectivity index (χ1) is 18.8. The van der Waals surface area contributed by atoms with Crippen LogP contribution in [0.5, 0.6) is 0 Å². The second kappa shape index (κ2) is 12.5. The van der Waals surface area contributed by atoms with Crippen molar-refractivity contribution in [2.45, 2.75) is 116 Å². The van der Waals surface area contributed by atoms with Gasteiger partial charge in [0, 0.05) is 30.9 Å². The quantitative estimate of drug-likeness (QED) is 0.338. The molecule has 1 aromatic rings. The number of sulfone groups is 1. The summed E-state index contributed by atoms with van der Waals surface area (Å²) in [6.45, 7) is 18.0. The Labute approximate surface area is 245 Å². The number of carbonyl (C=O) groups excluding carboxylic acids is 2. The smallest absolute Gasteiger partial charge is 0.444 e. The zero-order valence-corrected chi connectivity index (χ0v) is 26.8. The first kappa shape index (κ1) is 33.3. The van der Waals surface area contributed by atoms with Gasteiger partial charge in [0.2, 0.25) is 20.9 Å². The number of carbonyl (C=O) groups is 2. The summed E-state index contributed by atoms with van der Waals surface area (Å²) in [5, 5.41) is 2.52. The zero-order chi connectivity index (χ0) is 30.8. The van der Waals surface area contributed by atoms with Crippen LogP contribution in [0.3, 0.4) is 0 Å². The molecule has 41 heavy (non-hydrogen) atoms. The van der Waals surface area contributed by atoms with Gasteiger partial charge in [-0.05, 0) is 86.0 Å². The van der Waals surface area contributed by atoms with Crippen molar-refractivity contribution in [2.24, 2.45) is 11.8 Å². The van der Waals surface area contributed by atoms with E-state index in [-0.39, 0.29) is 28.7 Å². The van der Waals surface area contributed by atoms with E-state index in [1.54, 1.807) is 25.7 Å². The van der Waals surface area contributed by atoms with Crippen LogP contribution in [0.15, 0.2) is 17.6 Å². The monoisotopic (exact) mass is 594 g/mol. The molecule has 0 aliphatic carbocycles. The lowest BCUT2D eigenvalue weighted by atomic mass is 9.81. The number of nitrogens with one attached hydrogen (secondary N) is 1. The van der Waals surface area contributed by atoms with Crippen LogP contribution < -0.4 is 10.8 Å². The first-order valence-electron chi connectivity index (χ1n) is 14.5. The summed E-state index contributed by atoms with van der Waals surface area (Å²) in [6, 6.07) is -0.693. The van der Waals surface area contributed by atoms with Crippen molar-refractivity contribution in [3.05, 3.63) is 12.4 Å². The number of hydrogen-bond acceptors (Lipinski definition) is 9. The minimum Gasteiger partial charge on any atom is -0.444 e. The summed E-state index contributed by atoms with van der Waals surface area (Å²) < 4.78 is 43.2. The predicted octanol–water partition coefficient (Wildman–Crippen LogP) is 3.12. The fraction of sp³-hybridized carbons (Fsp3) is 0.786. The Morgan fingerprint density at radius 3 is 2.27 bits per heavy atom. The Bertz CT molecular complexity index is 1170. The molecule has 2 fully saturated rings. The van der Waals surface area contributed by atoms with Crippen molar-refractivity contribution >= 4 is 34.4 Å². The molecule has 0 unspecified atom stereocenters. The summed E-state index contributed by atoms with van der Waals surface area (Å²) >= 11 is 0. The molecule has 1 N–H and O–H groups in total. The van der Waals surface area contributed by atoms with Crippen molar-refractivity contribution in [3.63, 3.8) is 0 Å². The molecule has 0 spiro atoms. The number of aromatic nitrogens is 2. The van der Waals surface area contributed by atoms with Gasteiger partial charge < -0.3 is 24.3 Å². The van der Waals surface area contributed by atoms with Gasteiger partial charge in [-0.25, -0.2) is 23.2 Å². The van der Waals surface area contributed by atoms with Gasteiger partial charge in [0.15, 0.2) is 0 Å². The van der Waals surface area contributed by atoms with Crippen LogP contribution in [0.2, 0.25) is 0 Å². The molecular formula is C28H47BN4O7S. The molecule has 0 radical (unpaired) electrons. The Balaban J connectivity index is 1.53. The van der Waals surface area contributed by atoms with E-state index in [2.05, 4.69) is 15.3 Å². The van der Waals surface area contributed by atoms with Crippen LogP contribution in [0, 0.1) is 11.8 Å². The number of hydrogen-bond donors (Lipinski definition) is 1. The van der Waals surface area contributed by atoms with Crippen molar-refractivity contribution in [3.8, 4) is 0 Å². The fourth-order valence-electron chi connectivity index (χ4n) is 4.89. The molecule has 0 bridgehead atoms. The highest BCUT2D eigenvalue weighted by Crippen LogP contribution is 2.36. The van der Waals surface area contributed by atoms with Gasteiger partial charge in [0.05, 0.1) is 17.0 Å². The SMILES string of the molecule is CC(C)[C@@H](NC(=O)OC(C)(C)C)C(=O)N1CCC[C@@H](CCCS(=O)(=O)c2ncc(B3OC(C)(C)C(C)(C)O3)cn2)C1. The van der Waals surface area contributed by atoms with E-state index in [0.29, 0.717) is 31.4 Å². The third-order valence-electron chi connectivity index (χ3n) is 7.91. The number of piperidine rings is 1. The highest BCUT2D eigenvalue weighted by Gasteiger charge is 2.52. The lowest BCUT2D eigenvalue weighted by molar-refractivity contribution is -0.136. The molecule has 13 heteroatoms. The summed E-state index contributed by atoms with van der Waals surface area (Å²) in [5.74, 6) is -0.165. The topological polar surface area (TPSA) is 137 Å². The number of likely N-dealkylation sites (tertiary alicyclic amines) is 1. The molecule has 2 aliphatic rings. The molecule has 2 saturated heterocycles. The molecule has 0 saturated carbocycles. The van der Waals surface area contributed by atoms with Gasteiger partial charge in [-0.2, -0.15) is 0 Å². The van der Waals surface area contributed by atoms with Crippen LogP contribution >= 0.6 is 0 Å². The number of rotatable bonds is 9. The average Bonchev–Trinajstić information content (AvgIpc) is 3.07. The van der Waals surface area contributed by atoms with Gasteiger partial charge in [0.1, 0.15) is 11.6 Å². The molecule has 3 rings (SSSR count). The zero-order valence-electron chi connectivity index (χ0n) is 26.0. The van der Waals surface area contributed by atoms with E-state index < -0.39 is 45.9 Å². The number of amides is 2. The van der Waals surface area contributed by atoms with Crippen LogP contribution in [0.4, 0.5) is 4.79 Å². The fourth-order valence-corrected chi connectivity index (χ4v) is 6.04. The van der Waals surface area contributed by atoms with Crippen LogP contribution in [0.25, 0.3) is 0 Å². The largest absolute Gasteiger partial charge is 0.498 e. The number of nitrogens with zero attached hydrogens (tertiary/aromatic N) is 3. The minimum absolute atomic E-state index is 0.0812. The Morgan fingerprint density at radius 2 is 1.73 bits per heavy atom. The lowest BCUT2D eigenvalue weighted by Crippen LogP contribution is -2.54. The van der Waals surface area contributed by atoms with Crippen molar-refractivity contribution in [1.29, 1.82) is 0 Å². The third kappa shape index (κ3) is 8.64. The maximum Gasteiger partial charge on any atom is 0.498 e. The van der Waals surface area contributed by atoms with E-state index in [1.165, 1.54) is 12.4 Å². The van der Waals surface area contributed by atoms with Crippen molar-refractivity contribution in [1.82, 2.24) is 20.2 Å². The summed E-state index contributed by atoms with van der Waals surface area (Å²) in [7, 11) is -4.34. The van der Waals surface area contributed by atoms with Crippen LogP contribution in [-0.2, 0) is 28.7 Å². The second-order valence-corrected chi connectivity index (χ2v) is 15.5. The normalized spacial score (nSPS) is 21.6. The van der Waals surface area contributed by atoms with Crippen LogP contribution in [-0.4, -0.2) is 84.1 Å². The Hall–Kier alpha value is -2.25. The third-order valence-corrected chi connectivity index (χ3v) is 9.51. The second-order valence-electron chi connectivity index (χ2n) is 13.5. The standard InChI is InChI=1S/C28H47BN4O7S/c1-19(2)22(32-25(35)38-26(3,4)5)23(34)33-14-10-12-20(18-33)13-11-15-41(36,37)24-30-16-21(17-31-24)29-39-27(6,7)28(8,9)40-29/h16-17,19-20,22H,10-15,18H2,1-9H3,(H,32,35)/t20-,22+/m0/s1. The van der Waals surface area contributed by atoms with Gasteiger partial charge >= 0.3 is 13.2 Å². The Kier molecular flexibility index (Phi) is 10.2. The van der Waals surface area contributed by atoms with Gasteiger partial charge in [-0.15, -0.1) is 0 Å². The van der Waals surface area contributed by atoms with E-state index in [4.69, 9.17) is 14.0 Å². The van der Waals surface area contributed by atoms with E-state index in [1.807, 2.05) is 41.5 Å². The van der Waals surface area contributed by atoms with Gasteiger partial charge in [-0.1, -0.05) is 13.8 Å². The molecule has 2 aliphatic heterocycles. The molecular weight excluding hydrogens is 547 g/mol. The lowest BCUT2D eigenvalue weighted by Gasteiger charge is -2.36. The molecule has 2 amide bonds. The molecule has 230 valence electrons. The molecule has 0 aromatic carbocycles. The average molecular weight is 595 g/mol. The van der Waals surface area contributed by atoms with E-state index >= 15 is 0 Å². The van der Waals surface area contributed by atoms with E-state index in [9.17, 15) is 18.0 Å². The number of ether oxygens (including phenoxy) is 1. The maximum atomic E-state index is 13.3. The summed E-state index contributed by atoms with van der Waals surface area (Å²) in [4.78, 5) is 35.7. The van der Waals surface area contributed by atoms with Gasteiger partial charge in [0.25, 0.3) is 0 Å². The van der Waals surface area contributed by atoms with Crippen LogP contribution in [0.1, 0.15) is 88.0 Å². The minimum atomic E-state index is -3.68. The predicted molar refractivity (Wildman–Crippen MR) is 156 cm³/mol. The summed E-state index contributed by atoms with van der Waals surface area (Å²) in [6.07, 6.45) is 5.10. The summed E-state index contributed by atoms with van der Waals surface area (Å²) in [5.41, 5.74) is -1.14. The highest BCUT2D eigenvalue weighted by molar-refractivity contribution is 7.91. The molecule has 1 aromatic heterocycles. The molecule has 11 nitrogen and oxygen atoms in total. The maximum absolute atomic E-state index is 13.3. The van der Waals surface area contributed by atoms with E-state index in [0.717, 1.165) is 12.8 Å².